The van der Waals surface area contributed by atoms with Crippen LogP contribution in [-0.4, -0.2) is 24.6 Å². The number of aromatic nitrogens is 1. The highest BCUT2D eigenvalue weighted by Gasteiger charge is 2.50. The standard InChI is InChI=1S/C23H22BrIN2O2S2/c1-28-19-4-2-3-5-20(19)31-27(10-11-30-25)22-17-13-23(8-9-23)18-7-6-15(14-24)12-16(18)21(17)29-26-22/h2-7,12H,8-11,13-14H2,1H3. The molecule has 2 aliphatic rings. The SMILES string of the molecule is COc1ccccc1SN(CCSI)c1noc2c1CC1(CC1)c1ccc(CBr)cc1-2. The Hall–Kier alpha value is -0.840. The second-order valence-corrected chi connectivity index (χ2v) is 12.1. The summed E-state index contributed by atoms with van der Waals surface area (Å²) in [4.78, 5) is 1.08. The van der Waals surface area contributed by atoms with Crippen LogP contribution in [0.5, 0.6) is 5.75 Å². The second-order valence-electron chi connectivity index (χ2n) is 7.94. The van der Waals surface area contributed by atoms with E-state index in [0.29, 0.717) is 0 Å². The molecule has 31 heavy (non-hydrogen) atoms. The maximum Gasteiger partial charge on any atom is 0.186 e. The fraction of sp³-hybridized carbons (Fsp3) is 0.348. The molecular weight excluding hydrogens is 607 g/mol. The molecule has 162 valence electrons. The third-order valence-corrected chi connectivity index (χ3v) is 9.49. The molecule has 1 heterocycles. The van der Waals surface area contributed by atoms with Gasteiger partial charge in [-0.3, -0.25) is 4.31 Å². The number of alkyl halides is 1. The molecule has 8 heteroatoms. The minimum atomic E-state index is 0.256. The Bertz CT molecular complexity index is 1100. The monoisotopic (exact) mass is 628 g/mol. The van der Waals surface area contributed by atoms with Crippen LogP contribution in [0.2, 0.25) is 0 Å². The number of methoxy groups -OCH3 is 1. The molecule has 0 aliphatic heterocycles. The van der Waals surface area contributed by atoms with Crippen molar-refractivity contribution in [1.82, 2.24) is 5.16 Å². The molecule has 0 amide bonds. The van der Waals surface area contributed by atoms with Gasteiger partial charge in [-0.15, -0.1) is 0 Å². The van der Waals surface area contributed by atoms with E-state index in [1.165, 1.54) is 35.1 Å². The lowest BCUT2D eigenvalue weighted by molar-refractivity contribution is 0.405. The number of ether oxygens (including phenoxy) is 1. The van der Waals surface area contributed by atoms with E-state index in [1.807, 2.05) is 27.1 Å². The van der Waals surface area contributed by atoms with Crippen molar-refractivity contribution in [2.24, 2.45) is 0 Å². The van der Waals surface area contributed by atoms with Crippen molar-refractivity contribution in [3.8, 4) is 17.1 Å². The fourth-order valence-corrected chi connectivity index (χ4v) is 6.69. The molecule has 1 spiro atoms. The molecule has 5 rings (SSSR count). The van der Waals surface area contributed by atoms with E-state index >= 15 is 0 Å². The number of anilines is 1. The Balaban J connectivity index is 1.56. The van der Waals surface area contributed by atoms with Gasteiger partial charge in [-0.05, 0) is 81.7 Å². The van der Waals surface area contributed by atoms with Gasteiger partial charge < -0.3 is 9.26 Å². The largest absolute Gasteiger partial charge is 0.496 e. The molecule has 2 aliphatic carbocycles. The summed E-state index contributed by atoms with van der Waals surface area (Å²) < 4.78 is 13.9. The highest BCUT2D eigenvalue weighted by molar-refractivity contribution is 14.2. The maximum atomic E-state index is 6.03. The van der Waals surface area contributed by atoms with Gasteiger partial charge in [-0.2, -0.15) is 0 Å². The van der Waals surface area contributed by atoms with Gasteiger partial charge in [-0.1, -0.05) is 54.3 Å². The first-order chi connectivity index (χ1) is 15.2. The van der Waals surface area contributed by atoms with Crippen molar-refractivity contribution in [3.05, 3.63) is 59.2 Å². The van der Waals surface area contributed by atoms with E-state index in [0.717, 1.165) is 46.3 Å². The summed E-state index contributed by atoms with van der Waals surface area (Å²) >= 11 is 7.64. The molecule has 1 aromatic heterocycles. The van der Waals surface area contributed by atoms with Crippen LogP contribution in [0, 0.1) is 0 Å². The predicted octanol–water partition coefficient (Wildman–Crippen LogP) is 7.43. The van der Waals surface area contributed by atoms with E-state index in [9.17, 15) is 0 Å². The van der Waals surface area contributed by atoms with Crippen LogP contribution in [0.15, 0.2) is 51.9 Å². The van der Waals surface area contributed by atoms with Gasteiger partial charge in [0.1, 0.15) is 5.75 Å². The van der Waals surface area contributed by atoms with Crippen molar-refractivity contribution in [2.75, 3.05) is 23.7 Å². The number of rotatable bonds is 8. The molecule has 0 unspecified atom stereocenters. The zero-order valence-electron chi connectivity index (χ0n) is 17.1. The van der Waals surface area contributed by atoms with Gasteiger partial charge in [0.15, 0.2) is 11.6 Å². The number of hydrogen-bond acceptors (Lipinski definition) is 6. The summed E-state index contributed by atoms with van der Waals surface area (Å²) in [5, 5.41) is 5.46. The van der Waals surface area contributed by atoms with Crippen molar-refractivity contribution in [2.45, 2.75) is 34.9 Å². The Morgan fingerprint density at radius 1 is 1.26 bits per heavy atom. The van der Waals surface area contributed by atoms with Crippen molar-refractivity contribution < 1.29 is 9.26 Å². The summed E-state index contributed by atoms with van der Waals surface area (Å²) in [6.07, 6.45) is 3.48. The molecule has 0 bridgehead atoms. The lowest BCUT2D eigenvalue weighted by Gasteiger charge is -2.27. The van der Waals surface area contributed by atoms with E-state index < -0.39 is 0 Å². The molecule has 3 aromatic rings. The summed E-state index contributed by atoms with van der Waals surface area (Å²) in [5.74, 6) is 3.78. The zero-order chi connectivity index (χ0) is 21.4. The summed E-state index contributed by atoms with van der Waals surface area (Å²) in [6.45, 7) is 0.872. The smallest absolute Gasteiger partial charge is 0.186 e. The molecule has 0 radical (unpaired) electrons. The van der Waals surface area contributed by atoms with Crippen molar-refractivity contribution in [3.63, 3.8) is 0 Å². The van der Waals surface area contributed by atoms with Gasteiger partial charge in [0.05, 0.1) is 12.0 Å². The van der Waals surface area contributed by atoms with Gasteiger partial charge in [-0.25, -0.2) is 0 Å². The lowest BCUT2D eigenvalue weighted by atomic mass is 9.79. The first-order valence-electron chi connectivity index (χ1n) is 10.2. The average Bonchev–Trinajstić information content (AvgIpc) is 3.45. The van der Waals surface area contributed by atoms with Gasteiger partial charge in [0.2, 0.25) is 0 Å². The first-order valence-corrected chi connectivity index (χ1v) is 15.6. The molecular formula is C23H22BrIN2O2S2. The summed E-state index contributed by atoms with van der Waals surface area (Å²) in [6, 6.07) is 15.0. The summed E-state index contributed by atoms with van der Waals surface area (Å²) in [7, 11) is 3.53. The van der Waals surface area contributed by atoms with Gasteiger partial charge in [0, 0.05) is 34.2 Å². The van der Waals surface area contributed by atoms with E-state index in [-0.39, 0.29) is 5.41 Å². The number of fused-ring (bicyclic) bond motifs is 4. The lowest BCUT2D eigenvalue weighted by Crippen LogP contribution is -2.22. The molecule has 0 saturated heterocycles. The first kappa shape index (κ1) is 22.0. The Labute approximate surface area is 211 Å². The third-order valence-electron chi connectivity index (χ3n) is 6.08. The number of hydrogen-bond donors (Lipinski definition) is 0. The fourth-order valence-electron chi connectivity index (χ4n) is 4.35. The number of benzene rings is 2. The molecule has 1 saturated carbocycles. The van der Waals surface area contributed by atoms with Crippen LogP contribution in [0.4, 0.5) is 5.82 Å². The Morgan fingerprint density at radius 3 is 2.84 bits per heavy atom. The Morgan fingerprint density at radius 2 is 2.10 bits per heavy atom. The van der Waals surface area contributed by atoms with Crippen molar-refractivity contribution >= 4 is 63.8 Å². The number of nitrogens with zero attached hydrogens (tertiary/aromatic N) is 2. The van der Waals surface area contributed by atoms with Crippen molar-refractivity contribution in [1.29, 1.82) is 0 Å². The highest BCUT2D eigenvalue weighted by Crippen LogP contribution is 2.59. The molecule has 2 aromatic carbocycles. The van der Waals surface area contributed by atoms with Crippen LogP contribution >= 0.6 is 58.0 Å². The van der Waals surface area contributed by atoms with Gasteiger partial charge >= 0.3 is 0 Å². The van der Waals surface area contributed by atoms with Crippen LogP contribution in [0.25, 0.3) is 11.3 Å². The van der Waals surface area contributed by atoms with Crippen LogP contribution in [-0.2, 0) is 17.2 Å². The number of halogens is 2. The van der Waals surface area contributed by atoms with Crippen LogP contribution in [0.3, 0.4) is 0 Å². The second kappa shape index (κ2) is 9.19. The topological polar surface area (TPSA) is 38.5 Å². The average molecular weight is 629 g/mol. The molecule has 4 nitrogen and oxygen atoms in total. The number of para-hydroxylation sites is 1. The highest BCUT2D eigenvalue weighted by atomic mass is 127. The minimum Gasteiger partial charge on any atom is -0.496 e. The third kappa shape index (κ3) is 4.13. The zero-order valence-corrected chi connectivity index (χ0v) is 22.4. The predicted molar refractivity (Wildman–Crippen MR) is 142 cm³/mol. The minimum absolute atomic E-state index is 0.256. The molecule has 0 N–H and O–H groups in total. The summed E-state index contributed by atoms with van der Waals surface area (Å²) in [5.41, 5.74) is 5.42. The molecule has 1 fully saturated rings. The van der Waals surface area contributed by atoms with Crippen LogP contribution in [0.1, 0.15) is 29.5 Å². The van der Waals surface area contributed by atoms with E-state index in [4.69, 9.17) is 9.26 Å². The quantitative estimate of drug-likeness (QED) is 0.147. The maximum absolute atomic E-state index is 6.03. The molecule has 0 atom stereocenters. The van der Waals surface area contributed by atoms with E-state index in [1.54, 1.807) is 19.1 Å². The normalized spacial score (nSPS) is 15.5. The van der Waals surface area contributed by atoms with E-state index in [2.05, 4.69) is 70.9 Å². The van der Waals surface area contributed by atoms with Gasteiger partial charge in [0.25, 0.3) is 0 Å². The van der Waals surface area contributed by atoms with Crippen LogP contribution < -0.4 is 9.04 Å². The Kier molecular flexibility index (Phi) is 6.52.